The summed E-state index contributed by atoms with van der Waals surface area (Å²) < 4.78 is 2.08. The zero-order chi connectivity index (χ0) is 22.4. The molecule has 2 atom stereocenters. The van der Waals surface area contributed by atoms with Crippen molar-refractivity contribution in [3.05, 3.63) is 84.7 Å². The third-order valence-corrected chi connectivity index (χ3v) is 6.96. The van der Waals surface area contributed by atoms with Crippen LogP contribution in [0.2, 0.25) is 0 Å². The van der Waals surface area contributed by atoms with Gasteiger partial charge in [-0.3, -0.25) is 19.6 Å². The third-order valence-electron chi connectivity index (χ3n) is 6.96. The van der Waals surface area contributed by atoms with E-state index >= 15 is 0 Å². The van der Waals surface area contributed by atoms with Crippen LogP contribution in [0.1, 0.15) is 34.9 Å². The second-order valence-electron chi connectivity index (χ2n) is 9.02. The Morgan fingerprint density at radius 2 is 1.82 bits per heavy atom. The summed E-state index contributed by atoms with van der Waals surface area (Å²) in [6, 6.07) is 15.6. The molecule has 0 spiro atoms. The number of imidazole rings is 1. The molecule has 2 aliphatic carbocycles. The summed E-state index contributed by atoms with van der Waals surface area (Å²) >= 11 is 0. The van der Waals surface area contributed by atoms with E-state index in [0.29, 0.717) is 29.4 Å². The molecule has 2 fully saturated rings. The Bertz CT molecular complexity index is 1340. The number of carbonyl (C=O) groups excluding carboxylic acids is 2. The van der Waals surface area contributed by atoms with Crippen molar-refractivity contribution >= 4 is 28.4 Å². The zero-order valence-electron chi connectivity index (χ0n) is 18.0. The molecule has 1 aromatic carbocycles. The van der Waals surface area contributed by atoms with E-state index in [4.69, 9.17) is 0 Å². The molecule has 2 aliphatic rings. The molecule has 1 amide bonds. The zero-order valence-corrected chi connectivity index (χ0v) is 18.0. The van der Waals surface area contributed by atoms with Crippen LogP contribution in [0.5, 0.6) is 0 Å². The van der Waals surface area contributed by atoms with E-state index in [1.165, 1.54) is 0 Å². The maximum Gasteiger partial charge on any atom is 0.229 e. The van der Waals surface area contributed by atoms with Gasteiger partial charge >= 0.3 is 0 Å². The van der Waals surface area contributed by atoms with E-state index in [1.807, 2.05) is 48.7 Å². The highest BCUT2D eigenvalue weighted by molar-refractivity contribution is 5.98. The van der Waals surface area contributed by atoms with E-state index in [1.54, 1.807) is 24.8 Å². The van der Waals surface area contributed by atoms with Crippen LogP contribution in [0, 0.1) is 17.8 Å². The van der Waals surface area contributed by atoms with Gasteiger partial charge in [0.15, 0.2) is 11.6 Å². The first-order valence-corrected chi connectivity index (χ1v) is 11.3. The van der Waals surface area contributed by atoms with E-state index in [-0.39, 0.29) is 24.0 Å². The quantitative estimate of drug-likeness (QED) is 0.459. The number of hydrogen-bond donors (Lipinski definition) is 1. The average molecular weight is 438 g/mol. The second kappa shape index (κ2) is 7.92. The smallest absolute Gasteiger partial charge is 0.229 e. The topological polar surface area (TPSA) is 89.8 Å². The van der Waals surface area contributed by atoms with Gasteiger partial charge in [0.2, 0.25) is 5.91 Å². The number of ketones is 1. The molecule has 0 saturated heterocycles. The molecule has 6 rings (SSSR count). The van der Waals surface area contributed by atoms with E-state index in [0.717, 1.165) is 29.3 Å². The van der Waals surface area contributed by atoms with Crippen molar-refractivity contribution in [2.75, 3.05) is 5.32 Å². The molecule has 1 N–H and O–H groups in total. The summed E-state index contributed by atoms with van der Waals surface area (Å²) in [6.45, 7) is 0. The Balaban J connectivity index is 1.05. The number of fused-ring (bicyclic) bond motifs is 2. The molecule has 0 bridgehead atoms. The summed E-state index contributed by atoms with van der Waals surface area (Å²) in [5.74, 6) is 1.59. The van der Waals surface area contributed by atoms with E-state index in [9.17, 15) is 9.59 Å². The predicted octanol–water partition coefficient (Wildman–Crippen LogP) is 4.09. The third kappa shape index (κ3) is 3.80. The fourth-order valence-corrected chi connectivity index (χ4v) is 5.33. The van der Waals surface area contributed by atoms with Gasteiger partial charge in [-0.25, -0.2) is 4.98 Å². The normalized spacial score (nSPS) is 23.3. The van der Waals surface area contributed by atoms with Gasteiger partial charge in [0.05, 0.1) is 18.3 Å². The lowest BCUT2D eigenvalue weighted by Crippen LogP contribution is -2.15. The van der Waals surface area contributed by atoms with Crippen LogP contribution in [0.4, 0.5) is 5.82 Å². The van der Waals surface area contributed by atoms with Crippen molar-refractivity contribution in [2.45, 2.75) is 25.3 Å². The number of benzene rings is 1. The van der Waals surface area contributed by atoms with Crippen LogP contribution >= 0.6 is 0 Å². The SMILES string of the molecule is O=C(Cc1ccc2ncccc2c1)Nc1cn(C2CC3C(C2)C3C(=O)c2ccccn2)cn1. The monoisotopic (exact) mass is 437 g/mol. The van der Waals surface area contributed by atoms with Crippen molar-refractivity contribution in [3.63, 3.8) is 0 Å². The van der Waals surface area contributed by atoms with Crippen LogP contribution in [-0.4, -0.2) is 31.2 Å². The Morgan fingerprint density at radius 1 is 0.970 bits per heavy atom. The molecule has 7 nitrogen and oxygen atoms in total. The summed E-state index contributed by atoms with van der Waals surface area (Å²) in [5, 5.41) is 3.92. The van der Waals surface area contributed by atoms with Crippen LogP contribution in [-0.2, 0) is 11.2 Å². The summed E-state index contributed by atoms with van der Waals surface area (Å²) in [7, 11) is 0. The fourth-order valence-electron chi connectivity index (χ4n) is 5.33. The minimum Gasteiger partial charge on any atom is -0.332 e. The summed E-state index contributed by atoms with van der Waals surface area (Å²) in [5.41, 5.74) is 2.43. The van der Waals surface area contributed by atoms with Crippen LogP contribution in [0.3, 0.4) is 0 Å². The van der Waals surface area contributed by atoms with Gasteiger partial charge in [0.25, 0.3) is 0 Å². The number of nitrogens with zero attached hydrogens (tertiary/aromatic N) is 4. The highest BCUT2D eigenvalue weighted by Crippen LogP contribution is 2.61. The lowest BCUT2D eigenvalue weighted by atomic mass is 10.0. The number of carbonyl (C=O) groups is 2. The molecule has 2 saturated carbocycles. The molecule has 2 unspecified atom stereocenters. The number of Topliss-reactive ketones (excluding diaryl/α,β-unsaturated/α-hetero) is 1. The fraction of sp³-hybridized carbons (Fsp3) is 0.269. The molecule has 4 aromatic rings. The largest absolute Gasteiger partial charge is 0.332 e. The van der Waals surface area contributed by atoms with Gasteiger partial charge in [-0.05, 0) is 60.6 Å². The van der Waals surface area contributed by atoms with E-state index < -0.39 is 0 Å². The molecule has 3 heterocycles. The molecule has 3 aromatic heterocycles. The lowest BCUT2D eigenvalue weighted by molar-refractivity contribution is -0.115. The van der Waals surface area contributed by atoms with Crippen LogP contribution in [0.15, 0.2) is 73.4 Å². The van der Waals surface area contributed by atoms with Gasteiger partial charge in [-0.15, -0.1) is 0 Å². The average Bonchev–Trinajstić information content (AvgIpc) is 3.16. The van der Waals surface area contributed by atoms with Crippen molar-refractivity contribution < 1.29 is 9.59 Å². The van der Waals surface area contributed by atoms with Gasteiger partial charge in [0.1, 0.15) is 5.69 Å². The van der Waals surface area contributed by atoms with Gasteiger partial charge in [-0.2, -0.15) is 0 Å². The summed E-state index contributed by atoms with van der Waals surface area (Å²) in [4.78, 5) is 38.1. The lowest BCUT2D eigenvalue weighted by Gasteiger charge is -2.15. The molecular weight excluding hydrogens is 414 g/mol. The van der Waals surface area contributed by atoms with Gasteiger partial charge in [-0.1, -0.05) is 18.2 Å². The number of pyridine rings is 2. The van der Waals surface area contributed by atoms with E-state index in [2.05, 4.69) is 24.8 Å². The second-order valence-corrected chi connectivity index (χ2v) is 9.02. The standard InChI is InChI=1S/C26H23N5O2/c32-24(11-16-6-7-21-17(10-16)4-3-9-27-21)30-23-14-31(15-29-23)18-12-19-20(13-18)25(19)26(33)22-5-1-2-8-28-22/h1-10,14-15,18-20,25H,11-13H2,(H,30,32). The maximum atomic E-state index is 12.7. The van der Waals surface area contributed by atoms with Gasteiger partial charge < -0.3 is 9.88 Å². The predicted molar refractivity (Wildman–Crippen MR) is 124 cm³/mol. The number of nitrogens with one attached hydrogen (secondary N) is 1. The molecule has 33 heavy (non-hydrogen) atoms. The van der Waals surface area contributed by atoms with Gasteiger partial charge in [0, 0.05) is 35.9 Å². The minimum atomic E-state index is -0.0984. The highest BCUT2D eigenvalue weighted by Gasteiger charge is 2.59. The molecule has 0 aliphatic heterocycles. The number of anilines is 1. The number of aromatic nitrogens is 4. The Morgan fingerprint density at radius 3 is 2.64 bits per heavy atom. The molecule has 164 valence electrons. The Kier molecular flexibility index (Phi) is 4.75. The van der Waals surface area contributed by atoms with Crippen molar-refractivity contribution in [1.29, 1.82) is 0 Å². The van der Waals surface area contributed by atoms with Crippen LogP contribution in [0.25, 0.3) is 10.9 Å². The van der Waals surface area contributed by atoms with Crippen LogP contribution < -0.4 is 5.32 Å². The molecule has 7 heteroatoms. The van der Waals surface area contributed by atoms with Crippen molar-refractivity contribution in [3.8, 4) is 0 Å². The minimum absolute atomic E-state index is 0.0984. The first-order chi connectivity index (χ1) is 16.2. The Labute approximate surface area is 190 Å². The maximum absolute atomic E-state index is 12.7. The summed E-state index contributed by atoms with van der Waals surface area (Å²) in [6.07, 6.45) is 9.31. The Hall–Kier alpha value is -3.87. The number of hydrogen-bond acceptors (Lipinski definition) is 5. The first kappa shape index (κ1) is 19.8. The molecule has 0 radical (unpaired) electrons. The molecular formula is C26H23N5O2. The van der Waals surface area contributed by atoms with Crippen molar-refractivity contribution in [2.24, 2.45) is 17.8 Å². The van der Waals surface area contributed by atoms with Crippen molar-refractivity contribution in [1.82, 2.24) is 19.5 Å². The highest BCUT2D eigenvalue weighted by atomic mass is 16.1. The first-order valence-electron chi connectivity index (χ1n) is 11.3. The number of amides is 1. The number of rotatable bonds is 6.